The third-order valence-electron chi connectivity index (χ3n) is 3.42. The number of nitrogens with zero attached hydrogens (tertiary/aromatic N) is 3. The molecule has 1 aliphatic heterocycles. The predicted molar refractivity (Wildman–Crippen MR) is 70.4 cm³/mol. The van der Waals surface area contributed by atoms with Crippen molar-refractivity contribution in [2.75, 3.05) is 24.5 Å². The van der Waals surface area contributed by atoms with Crippen LogP contribution in [0, 0.1) is 0 Å². The van der Waals surface area contributed by atoms with E-state index in [9.17, 15) is 0 Å². The van der Waals surface area contributed by atoms with E-state index in [1.54, 1.807) is 0 Å². The molecule has 0 spiro atoms. The lowest BCUT2D eigenvalue weighted by Gasteiger charge is -2.32. The summed E-state index contributed by atoms with van der Waals surface area (Å²) in [7, 11) is 2.09. The largest absolute Gasteiger partial charge is 0.339 e. The molecule has 4 heteroatoms. The van der Waals surface area contributed by atoms with Gasteiger partial charge in [0.15, 0.2) is 0 Å². The fourth-order valence-corrected chi connectivity index (χ4v) is 2.53. The van der Waals surface area contributed by atoms with Gasteiger partial charge in [0.25, 0.3) is 0 Å². The molecule has 3 rings (SSSR count). The van der Waals surface area contributed by atoms with E-state index in [1.807, 2.05) is 6.07 Å². The molecule has 17 heavy (non-hydrogen) atoms. The number of para-hydroxylation sites is 2. The number of anilines is 1. The van der Waals surface area contributed by atoms with E-state index in [0.29, 0.717) is 6.04 Å². The summed E-state index contributed by atoms with van der Waals surface area (Å²) in [6, 6.07) is 8.83. The van der Waals surface area contributed by atoms with E-state index in [0.717, 1.165) is 31.1 Å². The Balaban J connectivity index is 2.02. The van der Waals surface area contributed by atoms with Crippen molar-refractivity contribution in [3.05, 3.63) is 24.3 Å². The molecule has 0 saturated carbocycles. The van der Waals surface area contributed by atoms with E-state index in [2.05, 4.69) is 47.0 Å². The Labute approximate surface area is 101 Å². The SMILES string of the molecule is C[C@H]1CN(c2nc3ccccc3n2C)CCN1. The van der Waals surface area contributed by atoms with Gasteiger partial charge in [0, 0.05) is 32.7 Å². The van der Waals surface area contributed by atoms with E-state index in [-0.39, 0.29) is 0 Å². The average molecular weight is 230 g/mol. The van der Waals surface area contributed by atoms with Crippen molar-refractivity contribution < 1.29 is 0 Å². The van der Waals surface area contributed by atoms with Crippen LogP contribution in [0.25, 0.3) is 11.0 Å². The minimum atomic E-state index is 0.531. The van der Waals surface area contributed by atoms with Gasteiger partial charge < -0.3 is 14.8 Å². The summed E-state index contributed by atoms with van der Waals surface area (Å²) >= 11 is 0. The third-order valence-corrected chi connectivity index (χ3v) is 3.42. The van der Waals surface area contributed by atoms with Crippen molar-refractivity contribution in [1.82, 2.24) is 14.9 Å². The van der Waals surface area contributed by atoms with Crippen LogP contribution in [-0.2, 0) is 7.05 Å². The number of aryl methyl sites for hydroxylation is 1. The number of rotatable bonds is 1. The average Bonchev–Trinajstić information content (AvgIpc) is 2.68. The molecule has 0 bridgehead atoms. The smallest absolute Gasteiger partial charge is 0.206 e. The molecule has 2 aromatic rings. The second-order valence-corrected chi connectivity index (χ2v) is 4.76. The van der Waals surface area contributed by atoms with Gasteiger partial charge in [-0.2, -0.15) is 0 Å². The highest BCUT2D eigenvalue weighted by atomic mass is 15.3. The van der Waals surface area contributed by atoms with E-state index < -0.39 is 0 Å². The molecule has 2 heterocycles. The molecule has 0 radical (unpaired) electrons. The second kappa shape index (κ2) is 4.04. The number of hydrogen-bond acceptors (Lipinski definition) is 3. The highest BCUT2D eigenvalue weighted by Crippen LogP contribution is 2.21. The maximum Gasteiger partial charge on any atom is 0.206 e. The zero-order chi connectivity index (χ0) is 11.8. The predicted octanol–water partition coefficient (Wildman–Crippen LogP) is 1.37. The van der Waals surface area contributed by atoms with Crippen LogP contribution in [0.5, 0.6) is 0 Å². The van der Waals surface area contributed by atoms with Gasteiger partial charge in [0.2, 0.25) is 5.95 Å². The maximum absolute atomic E-state index is 4.73. The van der Waals surface area contributed by atoms with Gasteiger partial charge >= 0.3 is 0 Å². The number of aromatic nitrogens is 2. The lowest BCUT2D eigenvalue weighted by Crippen LogP contribution is -2.50. The first-order chi connectivity index (χ1) is 8.25. The number of benzene rings is 1. The molecule has 1 aromatic carbocycles. The Morgan fingerprint density at radius 3 is 2.94 bits per heavy atom. The summed E-state index contributed by atoms with van der Waals surface area (Å²) in [5.41, 5.74) is 2.28. The Morgan fingerprint density at radius 2 is 2.18 bits per heavy atom. The first-order valence-corrected chi connectivity index (χ1v) is 6.15. The first-order valence-electron chi connectivity index (χ1n) is 6.15. The fourth-order valence-electron chi connectivity index (χ4n) is 2.53. The number of nitrogens with one attached hydrogen (secondary N) is 1. The lowest BCUT2D eigenvalue weighted by molar-refractivity contribution is 0.477. The van der Waals surface area contributed by atoms with E-state index in [1.165, 1.54) is 5.52 Å². The highest BCUT2D eigenvalue weighted by Gasteiger charge is 2.20. The molecule has 1 aromatic heterocycles. The zero-order valence-electron chi connectivity index (χ0n) is 10.3. The normalized spacial score (nSPS) is 21.1. The fraction of sp³-hybridized carbons (Fsp3) is 0.462. The molecule has 0 aliphatic carbocycles. The summed E-state index contributed by atoms with van der Waals surface area (Å²) in [5, 5.41) is 3.46. The molecule has 1 atom stereocenters. The summed E-state index contributed by atoms with van der Waals surface area (Å²) in [6.45, 7) is 5.30. The Kier molecular flexibility index (Phi) is 2.52. The quantitative estimate of drug-likeness (QED) is 0.803. The van der Waals surface area contributed by atoms with Gasteiger partial charge in [0.05, 0.1) is 11.0 Å². The number of fused-ring (bicyclic) bond motifs is 1. The monoisotopic (exact) mass is 230 g/mol. The van der Waals surface area contributed by atoms with E-state index in [4.69, 9.17) is 4.98 Å². The molecule has 1 fully saturated rings. The van der Waals surface area contributed by atoms with Gasteiger partial charge in [-0.25, -0.2) is 4.98 Å². The molecule has 4 nitrogen and oxygen atoms in total. The minimum Gasteiger partial charge on any atom is -0.339 e. The number of piperazine rings is 1. The van der Waals surface area contributed by atoms with Crippen molar-refractivity contribution >= 4 is 17.0 Å². The molecule has 1 N–H and O–H groups in total. The van der Waals surface area contributed by atoms with Crippen LogP contribution in [0.3, 0.4) is 0 Å². The number of hydrogen-bond donors (Lipinski definition) is 1. The van der Waals surface area contributed by atoms with Crippen molar-refractivity contribution in [3.63, 3.8) is 0 Å². The molecule has 1 aliphatic rings. The lowest BCUT2D eigenvalue weighted by atomic mass is 10.2. The zero-order valence-corrected chi connectivity index (χ0v) is 10.3. The van der Waals surface area contributed by atoms with Crippen LogP contribution in [0.15, 0.2) is 24.3 Å². The van der Waals surface area contributed by atoms with Crippen LogP contribution in [0.4, 0.5) is 5.95 Å². The van der Waals surface area contributed by atoms with Gasteiger partial charge in [-0.15, -0.1) is 0 Å². The number of imidazole rings is 1. The minimum absolute atomic E-state index is 0.531. The highest BCUT2D eigenvalue weighted by molar-refractivity contribution is 5.78. The van der Waals surface area contributed by atoms with Crippen molar-refractivity contribution in [2.24, 2.45) is 7.05 Å². The van der Waals surface area contributed by atoms with Crippen molar-refractivity contribution in [1.29, 1.82) is 0 Å². The van der Waals surface area contributed by atoms with Crippen LogP contribution >= 0.6 is 0 Å². The summed E-state index contributed by atoms with van der Waals surface area (Å²) in [4.78, 5) is 7.09. The topological polar surface area (TPSA) is 33.1 Å². The molecule has 90 valence electrons. The van der Waals surface area contributed by atoms with Crippen LogP contribution in [-0.4, -0.2) is 35.2 Å². The third kappa shape index (κ3) is 1.78. The molecule has 0 unspecified atom stereocenters. The standard InChI is InChI=1S/C13H18N4/c1-10-9-17(8-7-14-10)13-15-11-5-3-4-6-12(11)16(13)2/h3-6,10,14H,7-9H2,1-2H3/t10-/m0/s1. The van der Waals surface area contributed by atoms with Gasteiger partial charge in [0.1, 0.15) is 0 Å². The van der Waals surface area contributed by atoms with Gasteiger partial charge in [-0.3, -0.25) is 0 Å². The van der Waals surface area contributed by atoms with Gasteiger partial charge in [-0.1, -0.05) is 12.1 Å². The van der Waals surface area contributed by atoms with Crippen molar-refractivity contribution in [2.45, 2.75) is 13.0 Å². The Hall–Kier alpha value is -1.55. The van der Waals surface area contributed by atoms with Crippen LogP contribution < -0.4 is 10.2 Å². The molecular weight excluding hydrogens is 212 g/mol. The van der Waals surface area contributed by atoms with Crippen molar-refractivity contribution in [3.8, 4) is 0 Å². The van der Waals surface area contributed by atoms with E-state index >= 15 is 0 Å². The summed E-state index contributed by atoms with van der Waals surface area (Å²) in [5.74, 6) is 1.08. The first kappa shape index (κ1) is 10.6. The summed E-state index contributed by atoms with van der Waals surface area (Å²) < 4.78 is 2.19. The molecule has 1 saturated heterocycles. The Morgan fingerprint density at radius 1 is 1.35 bits per heavy atom. The molecule has 0 amide bonds. The Bertz CT molecular complexity index is 531. The summed E-state index contributed by atoms with van der Waals surface area (Å²) in [6.07, 6.45) is 0. The van der Waals surface area contributed by atoms with Crippen LogP contribution in [0.2, 0.25) is 0 Å². The van der Waals surface area contributed by atoms with Gasteiger partial charge in [-0.05, 0) is 19.1 Å². The molecular formula is C13H18N4. The van der Waals surface area contributed by atoms with Crippen LogP contribution in [0.1, 0.15) is 6.92 Å². The second-order valence-electron chi connectivity index (χ2n) is 4.76. The maximum atomic E-state index is 4.73.